The minimum absolute atomic E-state index is 0.0325. The summed E-state index contributed by atoms with van der Waals surface area (Å²) in [6, 6.07) is -0.648. The second kappa shape index (κ2) is 47.0. The van der Waals surface area contributed by atoms with E-state index in [0.29, 0.717) is 19.4 Å². The molecule has 0 saturated heterocycles. The zero-order chi connectivity index (χ0) is 41.5. The molecule has 0 radical (unpaired) electrons. The molecule has 0 heterocycles. The quantitative estimate of drug-likeness (QED) is 0.0324. The molecule has 0 saturated carbocycles. The fourth-order valence-corrected chi connectivity index (χ4v) is 7.57. The van der Waals surface area contributed by atoms with Crippen LogP contribution >= 0.6 is 0 Å². The Morgan fingerprint density at radius 2 is 0.825 bits per heavy atom. The third-order valence-corrected chi connectivity index (χ3v) is 11.5. The van der Waals surface area contributed by atoms with Crippen molar-refractivity contribution in [2.45, 2.75) is 276 Å². The van der Waals surface area contributed by atoms with Crippen LogP contribution in [0.3, 0.4) is 0 Å². The number of rotatable bonds is 46. The number of nitrogens with one attached hydrogen (secondary N) is 1. The lowest BCUT2D eigenvalue weighted by atomic mass is 10.0. The topological polar surface area (TPSA) is 95.9 Å². The lowest BCUT2D eigenvalue weighted by Gasteiger charge is -2.20. The van der Waals surface area contributed by atoms with Crippen molar-refractivity contribution in [2.24, 2.45) is 0 Å². The van der Waals surface area contributed by atoms with E-state index >= 15 is 0 Å². The second-order valence-corrected chi connectivity index (χ2v) is 17.1. The number of esters is 1. The lowest BCUT2D eigenvalue weighted by molar-refractivity contribution is -0.143. The highest BCUT2D eigenvalue weighted by atomic mass is 16.5. The van der Waals surface area contributed by atoms with E-state index in [9.17, 15) is 19.8 Å². The number of amides is 1. The maximum Gasteiger partial charge on any atom is 0.305 e. The van der Waals surface area contributed by atoms with Gasteiger partial charge in [0.1, 0.15) is 0 Å². The van der Waals surface area contributed by atoms with E-state index in [2.05, 4.69) is 31.3 Å². The number of ether oxygens (including phenoxy) is 1. The maximum absolute atomic E-state index is 12.4. The van der Waals surface area contributed by atoms with E-state index in [1.54, 1.807) is 6.08 Å². The average molecular weight is 804 g/mol. The number of hydrogen-bond acceptors (Lipinski definition) is 5. The first kappa shape index (κ1) is 55.3. The highest BCUT2D eigenvalue weighted by Crippen LogP contribution is 2.15. The average Bonchev–Trinajstić information content (AvgIpc) is 3.21. The van der Waals surface area contributed by atoms with Crippen molar-refractivity contribution in [3.63, 3.8) is 0 Å². The van der Waals surface area contributed by atoms with Gasteiger partial charge in [0.2, 0.25) is 5.91 Å². The maximum atomic E-state index is 12.4. The summed E-state index contributed by atoms with van der Waals surface area (Å²) in [5, 5.41) is 23.0. The van der Waals surface area contributed by atoms with Crippen LogP contribution in [0.25, 0.3) is 0 Å². The van der Waals surface area contributed by atoms with Crippen LogP contribution in [0, 0.1) is 0 Å². The van der Waals surface area contributed by atoms with Crippen LogP contribution in [-0.4, -0.2) is 47.4 Å². The second-order valence-electron chi connectivity index (χ2n) is 17.1. The summed E-state index contributed by atoms with van der Waals surface area (Å²) < 4.78 is 5.42. The molecule has 2 unspecified atom stereocenters. The van der Waals surface area contributed by atoms with Gasteiger partial charge in [-0.05, 0) is 57.8 Å². The van der Waals surface area contributed by atoms with Gasteiger partial charge in [-0.25, -0.2) is 0 Å². The monoisotopic (exact) mass is 804 g/mol. The molecule has 0 aromatic rings. The minimum Gasteiger partial charge on any atom is -0.466 e. The van der Waals surface area contributed by atoms with E-state index in [1.165, 1.54) is 154 Å². The van der Waals surface area contributed by atoms with E-state index in [1.807, 2.05) is 6.08 Å². The minimum atomic E-state index is -0.861. The number of carbonyl (C=O) groups excluding carboxylic acids is 2. The van der Waals surface area contributed by atoms with E-state index < -0.39 is 12.1 Å². The van der Waals surface area contributed by atoms with Crippen molar-refractivity contribution in [1.82, 2.24) is 5.32 Å². The summed E-state index contributed by atoms with van der Waals surface area (Å²) in [6.07, 6.45) is 54.6. The summed E-state index contributed by atoms with van der Waals surface area (Å²) in [7, 11) is 0. The number of hydrogen-bond donors (Lipinski definition) is 3. The Morgan fingerprint density at radius 1 is 0.474 bits per heavy atom. The van der Waals surface area contributed by atoms with Crippen molar-refractivity contribution >= 4 is 11.9 Å². The molecule has 6 heteroatoms. The SMILES string of the molecule is CCCCCCCCCCCCCCCCC/C=C/C(O)C(CO)NC(=O)CCCCCCC/C=C\CCCCOC(=O)CCCCCCCCCCCCCC. The van der Waals surface area contributed by atoms with Crippen molar-refractivity contribution < 1.29 is 24.5 Å². The van der Waals surface area contributed by atoms with Gasteiger partial charge < -0.3 is 20.3 Å². The Bertz CT molecular complexity index is 889. The van der Waals surface area contributed by atoms with E-state index in [4.69, 9.17) is 4.74 Å². The molecule has 0 spiro atoms. The zero-order valence-corrected chi connectivity index (χ0v) is 38.1. The highest BCUT2D eigenvalue weighted by molar-refractivity contribution is 5.76. The molecule has 0 rings (SSSR count). The number of aliphatic hydroxyl groups excluding tert-OH is 2. The number of unbranched alkanes of at least 4 members (excludes halogenated alkanes) is 33. The summed E-state index contributed by atoms with van der Waals surface area (Å²) in [5.74, 6) is -0.129. The highest BCUT2D eigenvalue weighted by Gasteiger charge is 2.18. The third-order valence-electron chi connectivity index (χ3n) is 11.5. The van der Waals surface area contributed by atoms with Crippen LogP contribution in [0.4, 0.5) is 0 Å². The molecule has 0 aromatic heterocycles. The standard InChI is InChI=1S/C51H97NO5/c1-3-5-7-9-11-13-15-17-18-19-20-21-23-27-31-35-39-43-49(54)48(47-53)52-50(55)44-40-36-32-28-24-22-26-30-34-38-42-46-57-51(56)45-41-37-33-29-25-16-14-12-10-8-6-4-2/h26,30,39,43,48-49,53-54H,3-25,27-29,31-38,40-42,44-47H2,1-2H3,(H,52,55)/b30-26-,43-39+. The Hall–Kier alpha value is -1.66. The molecule has 6 nitrogen and oxygen atoms in total. The van der Waals surface area contributed by atoms with Gasteiger partial charge in [-0.2, -0.15) is 0 Å². The largest absolute Gasteiger partial charge is 0.466 e. The van der Waals surface area contributed by atoms with Gasteiger partial charge in [0.15, 0.2) is 0 Å². The molecule has 0 aliphatic carbocycles. The van der Waals surface area contributed by atoms with Crippen molar-refractivity contribution in [2.75, 3.05) is 13.2 Å². The molecule has 0 fully saturated rings. The Balaban J connectivity index is 3.56. The van der Waals surface area contributed by atoms with Gasteiger partial charge in [0, 0.05) is 12.8 Å². The fraction of sp³-hybridized carbons (Fsp3) is 0.882. The zero-order valence-electron chi connectivity index (χ0n) is 38.1. The first-order chi connectivity index (χ1) is 28.0. The molecule has 0 bridgehead atoms. The smallest absolute Gasteiger partial charge is 0.305 e. The molecule has 0 aromatic carbocycles. The number of allylic oxidation sites excluding steroid dienone is 3. The summed E-state index contributed by atoms with van der Waals surface area (Å²) in [5.41, 5.74) is 0. The molecule has 1 amide bonds. The predicted octanol–water partition coefficient (Wildman–Crippen LogP) is 14.7. The molecular weight excluding hydrogens is 707 g/mol. The van der Waals surface area contributed by atoms with Gasteiger partial charge in [-0.15, -0.1) is 0 Å². The summed E-state index contributed by atoms with van der Waals surface area (Å²) >= 11 is 0. The van der Waals surface area contributed by atoms with E-state index in [-0.39, 0.29) is 18.5 Å². The predicted molar refractivity (Wildman–Crippen MR) is 246 cm³/mol. The van der Waals surface area contributed by atoms with Crippen LogP contribution in [-0.2, 0) is 14.3 Å². The van der Waals surface area contributed by atoms with Crippen LogP contribution in [0.1, 0.15) is 264 Å². The molecular formula is C51H97NO5. The van der Waals surface area contributed by atoms with Crippen molar-refractivity contribution in [3.05, 3.63) is 24.3 Å². The molecule has 336 valence electrons. The van der Waals surface area contributed by atoms with Gasteiger partial charge in [0.25, 0.3) is 0 Å². The Kier molecular flexibility index (Phi) is 45.7. The van der Waals surface area contributed by atoms with Crippen molar-refractivity contribution in [1.29, 1.82) is 0 Å². The van der Waals surface area contributed by atoms with E-state index in [0.717, 1.165) is 83.5 Å². The van der Waals surface area contributed by atoms with Crippen LogP contribution in [0.5, 0.6) is 0 Å². The van der Waals surface area contributed by atoms with Crippen LogP contribution < -0.4 is 5.32 Å². The Labute approximate surface area is 354 Å². The fourth-order valence-electron chi connectivity index (χ4n) is 7.57. The molecule has 2 atom stereocenters. The van der Waals surface area contributed by atoms with Gasteiger partial charge in [-0.3, -0.25) is 9.59 Å². The summed E-state index contributed by atoms with van der Waals surface area (Å²) in [4.78, 5) is 24.4. The third kappa shape index (κ3) is 43.7. The number of carbonyl (C=O) groups is 2. The lowest BCUT2D eigenvalue weighted by Crippen LogP contribution is -2.45. The number of aliphatic hydroxyl groups is 2. The Morgan fingerprint density at radius 3 is 1.25 bits per heavy atom. The molecule has 57 heavy (non-hydrogen) atoms. The summed E-state index contributed by atoms with van der Waals surface area (Å²) in [6.45, 7) is 4.82. The van der Waals surface area contributed by atoms with Gasteiger partial charge in [-0.1, -0.05) is 218 Å². The molecule has 0 aliphatic rings. The normalized spacial score (nSPS) is 12.8. The first-order valence-electron chi connectivity index (χ1n) is 25.1. The van der Waals surface area contributed by atoms with Crippen molar-refractivity contribution in [3.8, 4) is 0 Å². The van der Waals surface area contributed by atoms with Crippen LogP contribution in [0.2, 0.25) is 0 Å². The molecule has 0 aliphatic heterocycles. The van der Waals surface area contributed by atoms with Crippen LogP contribution in [0.15, 0.2) is 24.3 Å². The first-order valence-corrected chi connectivity index (χ1v) is 25.1. The van der Waals surface area contributed by atoms with Gasteiger partial charge in [0.05, 0.1) is 25.4 Å². The molecule has 3 N–H and O–H groups in total. The van der Waals surface area contributed by atoms with Gasteiger partial charge >= 0.3 is 5.97 Å².